The molecule has 0 aliphatic carbocycles. The molecular formula is C28H27N3O2S. The summed E-state index contributed by atoms with van der Waals surface area (Å²) in [5.74, 6) is 0.755. The Morgan fingerprint density at radius 3 is 2.06 bits per heavy atom. The Balaban J connectivity index is 1.30. The van der Waals surface area contributed by atoms with Gasteiger partial charge in [-0.2, -0.15) is 0 Å². The first-order chi connectivity index (χ1) is 16.7. The van der Waals surface area contributed by atoms with Crippen molar-refractivity contribution in [2.75, 3.05) is 33.3 Å². The molecule has 0 unspecified atom stereocenters. The number of hydrogen-bond donors (Lipinski definition) is 0. The summed E-state index contributed by atoms with van der Waals surface area (Å²) in [5, 5.41) is 2.65. The lowest BCUT2D eigenvalue weighted by atomic mass is 9.96. The summed E-state index contributed by atoms with van der Waals surface area (Å²) in [4.78, 5) is 22.3. The number of benzene rings is 3. The molecule has 172 valence electrons. The van der Waals surface area contributed by atoms with Crippen LogP contribution < -0.4 is 4.74 Å². The molecule has 4 aromatic rings. The Kier molecular flexibility index (Phi) is 6.70. The van der Waals surface area contributed by atoms with Gasteiger partial charge in [-0.05, 0) is 23.3 Å². The van der Waals surface area contributed by atoms with Gasteiger partial charge in [-0.1, -0.05) is 72.8 Å². The molecule has 1 aromatic heterocycles. The van der Waals surface area contributed by atoms with Gasteiger partial charge in [0, 0.05) is 31.6 Å². The van der Waals surface area contributed by atoms with Crippen molar-refractivity contribution in [3.05, 3.63) is 107 Å². The highest BCUT2D eigenvalue weighted by Gasteiger charge is 2.29. The maximum Gasteiger partial charge on any atom is 0.273 e. The van der Waals surface area contributed by atoms with Gasteiger partial charge in [-0.25, -0.2) is 4.98 Å². The fourth-order valence-electron chi connectivity index (χ4n) is 4.55. The van der Waals surface area contributed by atoms with E-state index in [4.69, 9.17) is 4.74 Å². The smallest absolute Gasteiger partial charge is 0.273 e. The van der Waals surface area contributed by atoms with Gasteiger partial charge in [0.25, 0.3) is 5.91 Å². The minimum Gasteiger partial charge on any atom is -0.496 e. The highest BCUT2D eigenvalue weighted by Crippen LogP contribution is 2.33. The molecule has 0 bridgehead atoms. The summed E-state index contributed by atoms with van der Waals surface area (Å²) in [6, 6.07) is 29.1. The Morgan fingerprint density at radius 2 is 1.44 bits per heavy atom. The molecule has 0 radical (unpaired) electrons. The van der Waals surface area contributed by atoms with E-state index in [0.717, 1.165) is 29.4 Å². The lowest BCUT2D eigenvalue weighted by Gasteiger charge is -2.39. The second-order valence-corrected chi connectivity index (χ2v) is 9.15. The number of carbonyl (C=O) groups is 1. The van der Waals surface area contributed by atoms with Crippen LogP contribution in [0.15, 0.2) is 90.3 Å². The van der Waals surface area contributed by atoms with Crippen molar-refractivity contribution in [1.82, 2.24) is 14.8 Å². The molecule has 34 heavy (non-hydrogen) atoms. The first-order valence-electron chi connectivity index (χ1n) is 11.5. The van der Waals surface area contributed by atoms with Crippen LogP contribution in [0.25, 0.3) is 10.6 Å². The molecule has 5 nitrogen and oxygen atoms in total. The number of hydrogen-bond acceptors (Lipinski definition) is 5. The average Bonchev–Trinajstić information content (AvgIpc) is 3.40. The third-order valence-electron chi connectivity index (χ3n) is 6.26. The fraction of sp³-hybridized carbons (Fsp3) is 0.214. The molecule has 6 heteroatoms. The van der Waals surface area contributed by atoms with E-state index in [1.807, 2.05) is 34.5 Å². The predicted octanol–water partition coefficient (Wildman–Crippen LogP) is 5.37. The molecule has 0 saturated carbocycles. The minimum atomic E-state index is -0.00646. The number of methoxy groups -OCH3 is 1. The van der Waals surface area contributed by atoms with Crippen molar-refractivity contribution >= 4 is 17.2 Å². The third kappa shape index (κ3) is 4.60. The number of carbonyl (C=O) groups excluding carboxylic acids is 1. The Morgan fingerprint density at radius 1 is 0.853 bits per heavy atom. The standard InChI is InChI=1S/C28H27N3O2S/c1-33-25-15-9-8-14-23(25)27-29-24(20-34-27)28(32)31-18-16-30(17-19-31)26(21-10-4-2-5-11-21)22-12-6-3-7-13-22/h2-15,20,26H,16-19H2,1H3. The van der Waals surface area contributed by atoms with Gasteiger partial charge in [0.2, 0.25) is 0 Å². The summed E-state index contributed by atoms with van der Waals surface area (Å²) in [6.07, 6.45) is 0. The average molecular weight is 470 g/mol. The van der Waals surface area contributed by atoms with Crippen LogP contribution >= 0.6 is 11.3 Å². The number of piperazine rings is 1. The Bertz CT molecular complexity index is 1200. The number of nitrogens with zero attached hydrogens (tertiary/aromatic N) is 3. The van der Waals surface area contributed by atoms with Gasteiger partial charge in [-0.3, -0.25) is 9.69 Å². The van der Waals surface area contributed by atoms with Gasteiger partial charge >= 0.3 is 0 Å². The van der Waals surface area contributed by atoms with Crippen molar-refractivity contribution < 1.29 is 9.53 Å². The van der Waals surface area contributed by atoms with E-state index < -0.39 is 0 Å². The van der Waals surface area contributed by atoms with E-state index in [2.05, 4.69) is 70.5 Å². The molecule has 1 saturated heterocycles. The fourth-order valence-corrected chi connectivity index (χ4v) is 5.37. The van der Waals surface area contributed by atoms with Crippen molar-refractivity contribution in [3.63, 3.8) is 0 Å². The second-order valence-electron chi connectivity index (χ2n) is 8.29. The summed E-state index contributed by atoms with van der Waals surface area (Å²) in [5.41, 5.74) is 3.96. The molecule has 2 heterocycles. The van der Waals surface area contributed by atoms with Crippen LogP contribution in [0, 0.1) is 0 Å². The lowest BCUT2D eigenvalue weighted by Crippen LogP contribution is -2.50. The first-order valence-corrected chi connectivity index (χ1v) is 12.3. The highest BCUT2D eigenvalue weighted by molar-refractivity contribution is 7.13. The molecule has 5 rings (SSSR count). The second kappa shape index (κ2) is 10.2. The molecule has 1 aliphatic rings. The van der Waals surface area contributed by atoms with Crippen molar-refractivity contribution in [2.45, 2.75) is 6.04 Å². The SMILES string of the molecule is COc1ccccc1-c1nc(C(=O)N2CCN(C(c3ccccc3)c3ccccc3)CC2)cs1. The molecule has 1 fully saturated rings. The van der Waals surface area contributed by atoms with Gasteiger partial charge in [0.15, 0.2) is 0 Å². The van der Waals surface area contributed by atoms with Crippen molar-refractivity contribution in [2.24, 2.45) is 0 Å². The van der Waals surface area contributed by atoms with E-state index in [9.17, 15) is 4.79 Å². The van der Waals surface area contributed by atoms with E-state index in [1.165, 1.54) is 22.5 Å². The van der Waals surface area contributed by atoms with Gasteiger partial charge in [0.1, 0.15) is 16.5 Å². The van der Waals surface area contributed by atoms with Crippen molar-refractivity contribution in [3.8, 4) is 16.3 Å². The largest absolute Gasteiger partial charge is 0.496 e. The molecule has 0 atom stereocenters. The number of para-hydroxylation sites is 1. The predicted molar refractivity (Wildman–Crippen MR) is 136 cm³/mol. The van der Waals surface area contributed by atoms with Crippen LogP contribution in [0.1, 0.15) is 27.7 Å². The van der Waals surface area contributed by atoms with Crippen LogP contribution in [-0.4, -0.2) is 54.0 Å². The molecule has 3 aromatic carbocycles. The number of thiazole rings is 1. The third-order valence-corrected chi connectivity index (χ3v) is 7.13. The van der Waals surface area contributed by atoms with Gasteiger partial charge < -0.3 is 9.64 Å². The van der Waals surface area contributed by atoms with Crippen molar-refractivity contribution in [1.29, 1.82) is 0 Å². The topological polar surface area (TPSA) is 45.7 Å². The van der Waals surface area contributed by atoms with Crippen LogP contribution in [-0.2, 0) is 0 Å². The summed E-state index contributed by atoms with van der Waals surface area (Å²) in [6.45, 7) is 2.97. The highest BCUT2D eigenvalue weighted by atomic mass is 32.1. The normalized spacial score (nSPS) is 14.4. The van der Waals surface area contributed by atoms with Gasteiger partial charge in [-0.15, -0.1) is 11.3 Å². The molecule has 0 N–H and O–H groups in total. The zero-order valence-electron chi connectivity index (χ0n) is 19.1. The maximum absolute atomic E-state index is 13.2. The van der Waals surface area contributed by atoms with Crippen LogP contribution in [0.2, 0.25) is 0 Å². The molecular weight excluding hydrogens is 442 g/mol. The zero-order valence-corrected chi connectivity index (χ0v) is 19.9. The van der Waals surface area contributed by atoms with E-state index in [-0.39, 0.29) is 11.9 Å². The molecule has 1 aliphatic heterocycles. The van der Waals surface area contributed by atoms with Crippen LogP contribution in [0.5, 0.6) is 5.75 Å². The minimum absolute atomic E-state index is 0.00646. The monoisotopic (exact) mass is 469 g/mol. The van der Waals surface area contributed by atoms with Crippen LogP contribution in [0.4, 0.5) is 0 Å². The van der Waals surface area contributed by atoms with E-state index in [0.29, 0.717) is 18.8 Å². The number of ether oxygens (including phenoxy) is 1. The van der Waals surface area contributed by atoms with E-state index in [1.54, 1.807) is 7.11 Å². The Hall–Kier alpha value is -3.48. The molecule has 0 spiro atoms. The quantitative estimate of drug-likeness (QED) is 0.381. The van der Waals surface area contributed by atoms with Gasteiger partial charge in [0.05, 0.1) is 18.7 Å². The lowest BCUT2D eigenvalue weighted by molar-refractivity contribution is 0.0592. The first kappa shape index (κ1) is 22.3. The van der Waals surface area contributed by atoms with Crippen LogP contribution in [0.3, 0.4) is 0 Å². The number of rotatable bonds is 6. The molecule has 1 amide bonds. The summed E-state index contributed by atoms with van der Waals surface area (Å²) >= 11 is 1.48. The summed E-state index contributed by atoms with van der Waals surface area (Å²) < 4.78 is 5.46. The number of aromatic nitrogens is 1. The maximum atomic E-state index is 13.2. The summed E-state index contributed by atoms with van der Waals surface area (Å²) in [7, 11) is 1.65. The van der Waals surface area contributed by atoms with E-state index >= 15 is 0 Å². The Labute approximate surface area is 204 Å². The zero-order chi connectivity index (χ0) is 23.3. The number of amides is 1.